The lowest BCUT2D eigenvalue weighted by molar-refractivity contribution is -0.686. The minimum absolute atomic E-state index is 0.0113. The molecule has 192 valence electrons. The number of carbonyl (C=O) groups excluding carboxylic acids is 2. The van der Waals surface area contributed by atoms with Gasteiger partial charge in [-0.2, -0.15) is 4.57 Å². The van der Waals surface area contributed by atoms with Crippen LogP contribution >= 0.6 is 0 Å². The first-order chi connectivity index (χ1) is 17.6. The Morgan fingerprint density at radius 3 is 2.19 bits per heavy atom. The Bertz CT molecular complexity index is 1270. The number of nitrogens with one attached hydrogen (secondary N) is 1. The number of aromatic nitrogens is 1. The molecule has 0 bridgehead atoms. The number of esters is 1. The molecule has 0 saturated heterocycles. The number of ether oxygens (including phenoxy) is 2. The van der Waals surface area contributed by atoms with Crippen LogP contribution in [0, 0.1) is 0 Å². The van der Waals surface area contributed by atoms with E-state index in [0.29, 0.717) is 5.56 Å². The highest BCUT2D eigenvalue weighted by Gasteiger charge is 2.30. The summed E-state index contributed by atoms with van der Waals surface area (Å²) in [6.07, 6.45) is 2.59. The van der Waals surface area contributed by atoms with Crippen molar-refractivity contribution >= 4 is 18.0 Å². The fraction of sp³-hybridized carbons (Fsp3) is 0.310. The van der Waals surface area contributed by atoms with Crippen molar-refractivity contribution in [3.8, 4) is 11.1 Å². The van der Waals surface area contributed by atoms with Crippen LogP contribution in [0.1, 0.15) is 43.4 Å². The number of amides is 1. The molecule has 1 aromatic heterocycles. The Balaban J connectivity index is 1.38. The second-order valence-corrected chi connectivity index (χ2v) is 10.0. The SMILES string of the molecule is CC(C)(C)OC(=O)C[n+]1cccc(C[C@@H](NC(=O)OCC2c3ccccc3-c3ccccc32)C(=O)O)c1. The second-order valence-electron chi connectivity index (χ2n) is 10.0. The number of alkyl carbamates (subject to hydrolysis) is 1. The summed E-state index contributed by atoms with van der Waals surface area (Å²) >= 11 is 0. The van der Waals surface area contributed by atoms with Gasteiger partial charge in [-0.05, 0) is 49.1 Å². The lowest BCUT2D eigenvalue weighted by Crippen LogP contribution is -2.44. The molecule has 3 aromatic rings. The van der Waals surface area contributed by atoms with Crippen LogP contribution in [0.2, 0.25) is 0 Å². The van der Waals surface area contributed by atoms with E-state index in [1.54, 1.807) is 49.9 Å². The molecule has 1 heterocycles. The van der Waals surface area contributed by atoms with Crippen molar-refractivity contribution in [2.75, 3.05) is 6.61 Å². The van der Waals surface area contributed by atoms with Gasteiger partial charge in [-0.3, -0.25) is 0 Å². The van der Waals surface area contributed by atoms with Crippen LogP contribution < -0.4 is 9.88 Å². The van der Waals surface area contributed by atoms with Crippen molar-refractivity contribution in [2.24, 2.45) is 0 Å². The molecule has 8 nitrogen and oxygen atoms in total. The summed E-state index contributed by atoms with van der Waals surface area (Å²) in [5.41, 5.74) is 4.41. The third-order valence-electron chi connectivity index (χ3n) is 6.02. The molecule has 8 heteroatoms. The van der Waals surface area contributed by atoms with Gasteiger partial charge in [0, 0.05) is 24.0 Å². The lowest BCUT2D eigenvalue weighted by Gasteiger charge is -2.18. The maximum atomic E-state index is 12.6. The number of rotatable bonds is 8. The van der Waals surface area contributed by atoms with Gasteiger partial charge in [0.15, 0.2) is 12.4 Å². The van der Waals surface area contributed by atoms with Gasteiger partial charge in [-0.1, -0.05) is 48.5 Å². The van der Waals surface area contributed by atoms with Crippen LogP contribution in [0.25, 0.3) is 11.1 Å². The molecule has 1 aliphatic rings. The summed E-state index contributed by atoms with van der Waals surface area (Å²) in [7, 11) is 0. The average Bonchev–Trinajstić information content (AvgIpc) is 3.15. The molecule has 2 N–H and O–H groups in total. The zero-order valence-electron chi connectivity index (χ0n) is 21.1. The zero-order chi connectivity index (χ0) is 26.6. The minimum Gasteiger partial charge on any atom is -0.480 e. The first-order valence-electron chi connectivity index (χ1n) is 12.1. The monoisotopic (exact) mass is 503 g/mol. The van der Waals surface area contributed by atoms with Crippen molar-refractivity contribution < 1.29 is 33.5 Å². The molecule has 0 unspecified atom stereocenters. The van der Waals surface area contributed by atoms with Crippen LogP contribution in [-0.2, 0) is 32.0 Å². The molecule has 1 amide bonds. The number of benzene rings is 2. The van der Waals surface area contributed by atoms with E-state index in [0.717, 1.165) is 22.3 Å². The van der Waals surface area contributed by atoms with E-state index in [-0.39, 0.29) is 25.5 Å². The van der Waals surface area contributed by atoms with E-state index in [4.69, 9.17) is 9.47 Å². The van der Waals surface area contributed by atoms with Crippen LogP contribution in [0.4, 0.5) is 4.79 Å². The Labute approximate surface area is 215 Å². The van der Waals surface area contributed by atoms with Crippen LogP contribution in [-0.4, -0.2) is 41.4 Å². The summed E-state index contributed by atoms with van der Waals surface area (Å²) in [5.74, 6) is -1.71. The highest BCUT2D eigenvalue weighted by molar-refractivity contribution is 5.81. The number of carboxylic acids is 1. The van der Waals surface area contributed by atoms with E-state index < -0.39 is 29.7 Å². The predicted octanol–water partition coefficient (Wildman–Crippen LogP) is 3.85. The molecule has 1 aliphatic carbocycles. The molecule has 0 saturated carbocycles. The molecule has 0 radical (unpaired) electrons. The molecule has 0 spiro atoms. The van der Waals surface area contributed by atoms with Gasteiger partial charge in [-0.25, -0.2) is 14.4 Å². The summed E-state index contributed by atoms with van der Waals surface area (Å²) in [6, 6.07) is 18.2. The van der Waals surface area contributed by atoms with Crippen molar-refractivity contribution in [1.29, 1.82) is 0 Å². The van der Waals surface area contributed by atoms with Crippen LogP contribution in [0.3, 0.4) is 0 Å². The molecule has 0 aliphatic heterocycles. The molecule has 37 heavy (non-hydrogen) atoms. The fourth-order valence-electron chi connectivity index (χ4n) is 4.54. The van der Waals surface area contributed by atoms with Gasteiger partial charge >= 0.3 is 18.0 Å². The average molecular weight is 504 g/mol. The number of carbonyl (C=O) groups is 3. The van der Waals surface area contributed by atoms with E-state index in [1.165, 1.54) is 0 Å². The van der Waals surface area contributed by atoms with Crippen molar-refractivity contribution in [2.45, 2.75) is 51.3 Å². The van der Waals surface area contributed by atoms with Gasteiger partial charge in [-0.15, -0.1) is 0 Å². The molecular weight excluding hydrogens is 472 g/mol. The highest BCUT2D eigenvalue weighted by Crippen LogP contribution is 2.44. The standard InChI is InChI=1S/C29H30N2O6/c1-29(2,3)37-26(32)17-31-14-8-9-19(16-31)15-25(27(33)34)30-28(35)36-18-24-22-12-6-4-10-20(22)21-11-5-7-13-23(21)24/h4-14,16,24-25H,15,17-18H2,1-3H3,(H-,30,33,34,35)/p+1/t25-/m1/s1. The first kappa shape index (κ1) is 25.9. The number of hydrogen-bond donors (Lipinski definition) is 2. The number of aliphatic carboxylic acids is 1. The smallest absolute Gasteiger partial charge is 0.407 e. The van der Waals surface area contributed by atoms with E-state index in [2.05, 4.69) is 5.32 Å². The second kappa shape index (κ2) is 10.8. The minimum atomic E-state index is -1.20. The van der Waals surface area contributed by atoms with Crippen molar-refractivity contribution in [3.63, 3.8) is 0 Å². The van der Waals surface area contributed by atoms with Gasteiger partial charge in [0.05, 0.1) is 0 Å². The van der Waals surface area contributed by atoms with Crippen molar-refractivity contribution in [3.05, 3.63) is 89.7 Å². The third-order valence-corrected chi connectivity index (χ3v) is 6.02. The predicted molar refractivity (Wildman–Crippen MR) is 136 cm³/mol. The summed E-state index contributed by atoms with van der Waals surface area (Å²) < 4.78 is 12.5. The summed E-state index contributed by atoms with van der Waals surface area (Å²) in [5, 5.41) is 12.2. The lowest BCUT2D eigenvalue weighted by atomic mass is 9.98. The van der Waals surface area contributed by atoms with Gasteiger partial charge in [0.25, 0.3) is 0 Å². The summed E-state index contributed by atoms with van der Waals surface area (Å²) in [6.45, 7) is 5.45. The van der Waals surface area contributed by atoms with Crippen molar-refractivity contribution in [1.82, 2.24) is 5.32 Å². The maximum Gasteiger partial charge on any atom is 0.407 e. The first-order valence-corrected chi connectivity index (χ1v) is 12.1. The van der Waals surface area contributed by atoms with E-state index >= 15 is 0 Å². The van der Waals surface area contributed by atoms with Gasteiger partial charge < -0.3 is 19.9 Å². The van der Waals surface area contributed by atoms with Crippen LogP contribution in [0.15, 0.2) is 73.1 Å². The number of carboxylic acid groups (broad SMARTS) is 1. The van der Waals surface area contributed by atoms with Gasteiger partial charge in [0.1, 0.15) is 18.2 Å². The largest absolute Gasteiger partial charge is 0.480 e. The molecule has 2 aromatic carbocycles. The quantitative estimate of drug-likeness (QED) is 0.357. The number of fused-ring (bicyclic) bond motifs is 3. The number of pyridine rings is 1. The third kappa shape index (κ3) is 6.52. The Morgan fingerprint density at radius 2 is 1.59 bits per heavy atom. The Morgan fingerprint density at radius 1 is 0.973 bits per heavy atom. The highest BCUT2D eigenvalue weighted by atomic mass is 16.6. The maximum absolute atomic E-state index is 12.6. The Kier molecular flexibility index (Phi) is 7.57. The zero-order valence-corrected chi connectivity index (χ0v) is 21.1. The number of hydrogen-bond acceptors (Lipinski definition) is 5. The molecule has 4 rings (SSSR count). The normalized spacial score (nSPS) is 13.3. The fourth-order valence-corrected chi connectivity index (χ4v) is 4.54. The van der Waals surface area contributed by atoms with E-state index in [1.807, 2.05) is 48.5 Å². The van der Waals surface area contributed by atoms with Crippen LogP contribution in [0.5, 0.6) is 0 Å². The van der Waals surface area contributed by atoms with Gasteiger partial charge in [0.2, 0.25) is 6.54 Å². The van der Waals surface area contributed by atoms with E-state index in [9.17, 15) is 19.5 Å². The summed E-state index contributed by atoms with van der Waals surface area (Å²) in [4.78, 5) is 36.6. The molecule has 0 fully saturated rings. The topological polar surface area (TPSA) is 106 Å². The number of nitrogens with zero attached hydrogens (tertiary/aromatic N) is 1. The molecular formula is C29H31N2O6+. The molecule has 1 atom stereocenters. The Hall–Kier alpha value is -4.20.